The molecule has 0 unspecified atom stereocenters. The second kappa shape index (κ2) is 10.8. The molecule has 1 heterocycles. The van der Waals surface area contributed by atoms with E-state index in [2.05, 4.69) is 26.3 Å². The first-order valence-electron chi connectivity index (χ1n) is 9.76. The average molecular weight is 419 g/mol. The lowest BCUT2D eigenvalue weighted by Crippen LogP contribution is -2.30. The molecule has 160 valence electrons. The SMILES string of the molecule is N=C(CN(CCc1c[nH]c2ccccc12)Cc1ccc(/C=C/C(=O)NO)cc1)N=NN. The van der Waals surface area contributed by atoms with Crippen LogP contribution in [0.5, 0.6) is 0 Å². The number of fused-ring (bicyclic) bond motifs is 1. The molecule has 0 aliphatic carbocycles. The predicted octanol–water partition coefficient (Wildman–Crippen LogP) is 3.03. The molecule has 0 bridgehead atoms. The van der Waals surface area contributed by atoms with Crippen molar-refractivity contribution in [1.29, 1.82) is 5.41 Å². The highest BCUT2D eigenvalue weighted by atomic mass is 16.5. The summed E-state index contributed by atoms with van der Waals surface area (Å²) in [6.07, 6.45) is 5.70. The number of H-pyrrole nitrogens is 1. The minimum absolute atomic E-state index is 0.0935. The molecule has 0 aliphatic heterocycles. The lowest BCUT2D eigenvalue weighted by Gasteiger charge is -2.21. The van der Waals surface area contributed by atoms with Gasteiger partial charge in [-0.1, -0.05) is 47.7 Å². The van der Waals surface area contributed by atoms with Crippen molar-refractivity contribution in [3.63, 3.8) is 0 Å². The van der Waals surface area contributed by atoms with Crippen LogP contribution in [0.4, 0.5) is 0 Å². The summed E-state index contributed by atoms with van der Waals surface area (Å²) in [5.41, 5.74) is 5.77. The Balaban J connectivity index is 1.69. The van der Waals surface area contributed by atoms with Crippen molar-refractivity contribution in [3.8, 4) is 0 Å². The molecule has 0 saturated carbocycles. The van der Waals surface area contributed by atoms with Gasteiger partial charge in [-0.3, -0.25) is 20.3 Å². The van der Waals surface area contributed by atoms with E-state index in [0.717, 1.165) is 29.6 Å². The van der Waals surface area contributed by atoms with Crippen LogP contribution in [0.1, 0.15) is 16.7 Å². The summed E-state index contributed by atoms with van der Waals surface area (Å²) in [5, 5.41) is 24.5. The summed E-state index contributed by atoms with van der Waals surface area (Å²) in [6, 6.07) is 15.9. The molecule has 3 rings (SSSR count). The molecule has 0 radical (unpaired) electrons. The van der Waals surface area contributed by atoms with Crippen LogP contribution >= 0.6 is 0 Å². The van der Waals surface area contributed by atoms with E-state index in [1.54, 1.807) is 11.6 Å². The van der Waals surface area contributed by atoms with Gasteiger partial charge < -0.3 is 10.8 Å². The number of hydrogen-bond acceptors (Lipinski definition) is 5. The fourth-order valence-corrected chi connectivity index (χ4v) is 3.35. The van der Waals surface area contributed by atoms with Crippen molar-refractivity contribution in [2.24, 2.45) is 16.2 Å². The average Bonchev–Trinajstić information content (AvgIpc) is 3.20. The molecule has 9 heteroatoms. The lowest BCUT2D eigenvalue weighted by atomic mass is 10.1. The van der Waals surface area contributed by atoms with E-state index in [9.17, 15) is 4.79 Å². The van der Waals surface area contributed by atoms with Crippen molar-refractivity contribution in [2.45, 2.75) is 13.0 Å². The molecule has 31 heavy (non-hydrogen) atoms. The Morgan fingerprint density at radius 2 is 2.00 bits per heavy atom. The van der Waals surface area contributed by atoms with Crippen LogP contribution in [0.3, 0.4) is 0 Å². The van der Waals surface area contributed by atoms with Crippen LogP contribution in [0.2, 0.25) is 0 Å². The molecule has 6 N–H and O–H groups in total. The van der Waals surface area contributed by atoms with Crippen molar-refractivity contribution in [2.75, 3.05) is 13.1 Å². The fourth-order valence-electron chi connectivity index (χ4n) is 3.35. The third kappa shape index (κ3) is 6.33. The number of amides is 1. The Bertz CT molecular complexity index is 1090. The normalized spacial score (nSPS) is 11.7. The van der Waals surface area contributed by atoms with Crippen LogP contribution in [-0.2, 0) is 17.8 Å². The molecule has 2 aromatic carbocycles. The van der Waals surface area contributed by atoms with Gasteiger partial charge in [0.15, 0.2) is 5.84 Å². The quantitative estimate of drug-likeness (QED) is 0.0691. The summed E-state index contributed by atoms with van der Waals surface area (Å²) in [5.74, 6) is 4.60. The highest BCUT2D eigenvalue weighted by Crippen LogP contribution is 2.19. The maximum absolute atomic E-state index is 11.1. The number of aromatic nitrogens is 1. The van der Waals surface area contributed by atoms with Gasteiger partial charge >= 0.3 is 0 Å². The molecule has 1 aromatic heterocycles. The number of hydroxylamine groups is 1. The second-order valence-corrected chi connectivity index (χ2v) is 7.03. The van der Waals surface area contributed by atoms with Gasteiger partial charge in [-0.25, -0.2) is 5.48 Å². The van der Waals surface area contributed by atoms with Gasteiger partial charge in [-0.05, 0) is 35.3 Å². The number of rotatable bonds is 9. The number of nitrogens with two attached hydrogens (primary N) is 1. The van der Waals surface area contributed by atoms with Crippen LogP contribution in [-0.4, -0.2) is 39.9 Å². The Morgan fingerprint density at radius 3 is 2.74 bits per heavy atom. The van der Waals surface area contributed by atoms with E-state index in [0.29, 0.717) is 13.1 Å². The lowest BCUT2D eigenvalue weighted by molar-refractivity contribution is -0.124. The van der Waals surface area contributed by atoms with Gasteiger partial charge in [-0.2, -0.15) is 0 Å². The molecule has 0 saturated heterocycles. The van der Waals surface area contributed by atoms with Gasteiger partial charge in [0.1, 0.15) is 0 Å². The van der Waals surface area contributed by atoms with E-state index in [1.165, 1.54) is 17.0 Å². The zero-order valence-corrected chi connectivity index (χ0v) is 17.0. The molecule has 1 amide bonds. The summed E-state index contributed by atoms with van der Waals surface area (Å²) < 4.78 is 0. The monoisotopic (exact) mass is 419 g/mol. The van der Waals surface area contributed by atoms with E-state index >= 15 is 0 Å². The van der Waals surface area contributed by atoms with Gasteiger partial charge in [0.25, 0.3) is 5.91 Å². The van der Waals surface area contributed by atoms with Crippen molar-refractivity contribution in [3.05, 3.63) is 77.5 Å². The molecule has 3 aromatic rings. The van der Waals surface area contributed by atoms with E-state index < -0.39 is 5.91 Å². The number of carbonyl (C=O) groups is 1. The maximum Gasteiger partial charge on any atom is 0.267 e. The third-order valence-electron chi connectivity index (χ3n) is 4.85. The number of carbonyl (C=O) groups excluding carboxylic acids is 1. The summed E-state index contributed by atoms with van der Waals surface area (Å²) in [4.78, 5) is 16.5. The van der Waals surface area contributed by atoms with Crippen LogP contribution in [0.15, 0.2) is 71.1 Å². The molecule has 0 fully saturated rings. The first kappa shape index (κ1) is 21.9. The van der Waals surface area contributed by atoms with Crippen LogP contribution in [0.25, 0.3) is 17.0 Å². The summed E-state index contributed by atoms with van der Waals surface area (Å²) in [7, 11) is 0. The van der Waals surface area contributed by atoms with Crippen molar-refractivity contribution >= 4 is 28.7 Å². The highest BCUT2D eigenvalue weighted by molar-refractivity contribution is 5.90. The maximum atomic E-state index is 11.1. The van der Waals surface area contributed by atoms with E-state index in [-0.39, 0.29) is 5.84 Å². The van der Waals surface area contributed by atoms with Crippen molar-refractivity contribution < 1.29 is 10.0 Å². The number of nitrogens with one attached hydrogen (secondary N) is 3. The van der Waals surface area contributed by atoms with Gasteiger partial charge in [-0.15, -0.1) is 5.11 Å². The number of hydrogen-bond donors (Lipinski definition) is 5. The first-order chi connectivity index (χ1) is 15.1. The third-order valence-corrected chi connectivity index (χ3v) is 4.85. The highest BCUT2D eigenvalue weighted by Gasteiger charge is 2.11. The Labute approximate surface area is 179 Å². The van der Waals surface area contributed by atoms with Gasteiger partial charge in [0.2, 0.25) is 0 Å². The number of para-hydroxylation sites is 1. The predicted molar refractivity (Wildman–Crippen MR) is 119 cm³/mol. The smallest absolute Gasteiger partial charge is 0.267 e. The number of benzene rings is 2. The molecule has 0 atom stereocenters. The minimum atomic E-state index is -0.583. The summed E-state index contributed by atoms with van der Waals surface area (Å²) >= 11 is 0. The van der Waals surface area contributed by atoms with Crippen LogP contribution in [0, 0.1) is 5.41 Å². The number of nitrogens with zero attached hydrogens (tertiary/aromatic N) is 3. The number of amidine groups is 1. The fraction of sp³-hybridized carbons (Fsp3) is 0.182. The largest absolute Gasteiger partial charge is 0.361 e. The van der Waals surface area contributed by atoms with E-state index in [4.69, 9.17) is 16.5 Å². The minimum Gasteiger partial charge on any atom is -0.361 e. The standard InChI is InChI=1S/C22H25N7O2/c23-21(26-28-24)15-29(12-11-18-13-25-20-4-2-1-3-19(18)20)14-17-7-5-16(6-8-17)9-10-22(30)27-31/h1-10,13,25,31H,11-12,14-15H2,(H,27,30)(H3,23,24,26)/b10-9+. The Kier molecular flexibility index (Phi) is 7.63. The number of aromatic amines is 1. The topological polar surface area (TPSA) is 143 Å². The zero-order chi connectivity index (χ0) is 22.1. The molecule has 0 spiro atoms. The van der Waals surface area contributed by atoms with Gasteiger partial charge in [0.05, 0.1) is 6.54 Å². The zero-order valence-electron chi connectivity index (χ0n) is 17.0. The molecule has 0 aliphatic rings. The molecular weight excluding hydrogens is 394 g/mol. The van der Waals surface area contributed by atoms with Crippen LogP contribution < -0.4 is 11.3 Å². The second-order valence-electron chi connectivity index (χ2n) is 7.03. The molecule has 9 nitrogen and oxygen atoms in total. The first-order valence-corrected chi connectivity index (χ1v) is 9.76. The Hall–Kier alpha value is -3.82. The van der Waals surface area contributed by atoms with E-state index in [1.807, 2.05) is 48.7 Å². The summed E-state index contributed by atoms with van der Waals surface area (Å²) in [6.45, 7) is 1.66. The van der Waals surface area contributed by atoms with Crippen molar-refractivity contribution in [1.82, 2.24) is 15.4 Å². The van der Waals surface area contributed by atoms with Gasteiger partial charge in [0, 0.05) is 36.3 Å². The Morgan fingerprint density at radius 1 is 1.23 bits per heavy atom. The molecular formula is C22H25N7O2.